The fourth-order valence-corrected chi connectivity index (χ4v) is 3.71. The Labute approximate surface area is 178 Å². The van der Waals surface area contributed by atoms with Gasteiger partial charge in [-0.15, -0.1) is 0 Å². The van der Waals surface area contributed by atoms with Gasteiger partial charge in [0.25, 0.3) is 0 Å². The van der Waals surface area contributed by atoms with Crippen LogP contribution in [0.25, 0.3) is 0 Å². The lowest BCUT2D eigenvalue weighted by Gasteiger charge is -2.37. The summed E-state index contributed by atoms with van der Waals surface area (Å²) in [4.78, 5) is 26.6. The Balaban J connectivity index is 1.60. The number of phenolic OH excluding ortho intramolecular Hbond substituents is 1. The van der Waals surface area contributed by atoms with Gasteiger partial charge in [-0.2, -0.15) is 0 Å². The molecule has 9 heteroatoms. The van der Waals surface area contributed by atoms with Crippen molar-refractivity contribution < 1.29 is 19.8 Å². The van der Waals surface area contributed by atoms with Crippen molar-refractivity contribution >= 4 is 52.1 Å². The molecule has 0 atom stereocenters. The zero-order valence-corrected chi connectivity index (χ0v) is 17.3. The number of nitrogens with one attached hydrogen (secondary N) is 1. The number of benzene rings is 2. The number of carboxylic acids is 1. The highest BCUT2D eigenvalue weighted by atomic mass is 35.5. The van der Waals surface area contributed by atoms with Gasteiger partial charge in [-0.1, -0.05) is 11.6 Å². The molecule has 0 unspecified atom stereocenters. The van der Waals surface area contributed by atoms with Crippen LogP contribution in [-0.2, 0) is 0 Å². The van der Waals surface area contributed by atoms with Crippen LogP contribution >= 0.6 is 23.8 Å². The van der Waals surface area contributed by atoms with Gasteiger partial charge in [0.05, 0.1) is 16.1 Å². The molecule has 0 bridgehead atoms. The standard InChI is InChI=1S/C20H20ClN3O4S/c1-12(25)15-5-3-14(11-18(15)26)23-6-8-24(9-7-23)20(29)22-13-2-4-16(19(27)28)17(21)10-13/h2-5,10-11,26H,6-9H2,1H3,(H,22,29)(H,27,28). The number of anilines is 2. The van der Waals surface area contributed by atoms with E-state index in [1.54, 1.807) is 18.2 Å². The molecule has 1 heterocycles. The molecule has 7 nitrogen and oxygen atoms in total. The molecule has 2 aromatic carbocycles. The van der Waals surface area contributed by atoms with Crippen molar-refractivity contribution in [2.45, 2.75) is 6.92 Å². The highest BCUT2D eigenvalue weighted by Crippen LogP contribution is 2.26. The van der Waals surface area contributed by atoms with E-state index in [-0.39, 0.29) is 22.1 Å². The number of carbonyl (C=O) groups excluding carboxylic acids is 1. The Bertz CT molecular complexity index is 974. The fraction of sp³-hybridized carbons (Fsp3) is 0.250. The second-order valence-corrected chi connectivity index (χ2v) is 7.46. The number of thiocarbonyl (C=S) groups is 1. The van der Waals surface area contributed by atoms with Gasteiger partial charge in [0.15, 0.2) is 10.9 Å². The number of carbonyl (C=O) groups is 2. The number of aromatic hydroxyl groups is 1. The maximum Gasteiger partial charge on any atom is 0.337 e. The highest BCUT2D eigenvalue weighted by molar-refractivity contribution is 7.80. The van der Waals surface area contributed by atoms with E-state index in [0.29, 0.717) is 42.5 Å². The third-order valence-corrected chi connectivity index (χ3v) is 5.42. The Morgan fingerprint density at radius 1 is 1.07 bits per heavy atom. The van der Waals surface area contributed by atoms with E-state index in [0.717, 1.165) is 5.69 Å². The monoisotopic (exact) mass is 433 g/mol. The van der Waals surface area contributed by atoms with E-state index >= 15 is 0 Å². The number of halogens is 1. The Kier molecular flexibility index (Phi) is 6.24. The van der Waals surface area contributed by atoms with E-state index in [1.807, 2.05) is 11.0 Å². The molecule has 0 aliphatic carbocycles. The molecule has 3 rings (SSSR count). The Morgan fingerprint density at radius 2 is 1.72 bits per heavy atom. The number of hydrogen-bond acceptors (Lipinski definition) is 5. The fourth-order valence-electron chi connectivity index (χ4n) is 3.15. The van der Waals surface area contributed by atoms with Crippen LogP contribution in [0.3, 0.4) is 0 Å². The molecule has 3 N–H and O–H groups in total. The van der Waals surface area contributed by atoms with Gasteiger partial charge in [-0.3, -0.25) is 4.79 Å². The minimum Gasteiger partial charge on any atom is -0.507 e. The lowest BCUT2D eigenvalue weighted by molar-refractivity contribution is 0.0697. The molecule has 1 fully saturated rings. The average Bonchev–Trinajstić information content (AvgIpc) is 2.67. The highest BCUT2D eigenvalue weighted by Gasteiger charge is 2.21. The molecule has 1 aliphatic rings. The van der Waals surface area contributed by atoms with Crippen LogP contribution in [-0.4, -0.2) is 58.2 Å². The Morgan fingerprint density at radius 3 is 2.28 bits per heavy atom. The van der Waals surface area contributed by atoms with E-state index in [9.17, 15) is 14.7 Å². The zero-order valence-electron chi connectivity index (χ0n) is 15.7. The second-order valence-electron chi connectivity index (χ2n) is 6.66. The molecule has 1 saturated heterocycles. The van der Waals surface area contributed by atoms with Gasteiger partial charge in [0.1, 0.15) is 5.75 Å². The molecule has 1 aliphatic heterocycles. The third kappa shape index (κ3) is 4.78. The molecular formula is C20H20ClN3O4S. The number of rotatable bonds is 4. The van der Waals surface area contributed by atoms with Crippen LogP contribution in [0.15, 0.2) is 36.4 Å². The van der Waals surface area contributed by atoms with E-state index in [1.165, 1.54) is 19.1 Å². The normalized spacial score (nSPS) is 13.9. The predicted octanol–water partition coefficient (Wildman–Crippen LogP) is 3.47. The van der Waals surface area contributed by atoms with Crippen molar-refractivity contribution in [3.8, 4) is 5.75 Å². The van der Waals surface area contributed by atoms with Gasteiger partial charge in [-0.25, -0.2) is 4.79 Å². The molecule has 0 radical (unpaired) electrons. The number of hydrogen-bond donors (Lipinski definition) is 3. The maximum absolute atomic E-state index is 11.5. The second kappa shape index (κ2) is 8.67. The summed E-state index contributed by atoms with van der Waals surface area (Å²) in [5, 5.41) is 22.8. The van der Waals surface area contributed by atoms with E-state index < -0.39 is 5.97 Å². The predicted molar refractivity (Wildman–Crippen MR) is 117 cm³/mol. The topological polar surface area (TPSA) is 93.1 Å². The molecule has 2 aromatic rings. The first-order valence-electron chi connectivity index (χ1n) is 8.94. The molecule has 0 saturated carbocycles. The number of carboxylic acid groups (broad SMARTS) is 1. The van der Waals surface area contributed by atoms with E-state index in [2.05, 4.69) is 10.2 Å². The van der Waals surface area contributed by atoms with Gasteiger partial charge in [-0.05, 0) is 49.5 Å². The average molecular weight is 434 g/mol. The largest absolute Gasteiger partial charge is 0.507 e. The smallest absolute Gasteiger partial charge is 0.337 e. The third-order valence-electron chi connectivity index (χ3n) is 4.74. The maximum atomic E-state index is 11.5. The summed E-state index contributed by atoms with van der Waals surface area (Å²) in [5.41, 5.74) is 1.82. The summed E-state index contributed by atoms with van der Waals surface area (Å²) >= 11 is 11.5. The molecule has 152 valence electrons. The lowest BCUT2D eigenvalue weighted by Crippen LogP contribution is -2.50. The minimum atomic E-state index is -1.08. The van der Waals surface area contributed by atoms with Gasteiger partial charge >= 0.3 is 5.97 Å². The van der Waals surface area contributed by atoms with Crippen molar-refractivity contribution in [2.75, 3.05) is 36.4 Å². The number of ketones is 1. The number of phenols is 1. The first kappa shape index (κ1) is 20.9. The summed E-state index contributed by atoms with van der Waals surface area (Å²) in [7, 11) is 0. The zero-order chi connectivity index (χ0) is 21.1. The van der Waals surface area contributed by atoms with Gasteiger partial charge in [0, 0.05) is 43.6 Å². The van der Waals surface area contributed by atoms with Crippen LogP contribution in [0.5, 0.6) is 5.75 Å². The van der Waals surface area contributed by atoms with Crippen molar-refractivity contribution in [1.82, 2.24) is 4.90 Å². The number of aromatic carboxylic acids is 1. The van der Waals surface area contributed by atoms with Crippen LogP contribution in [0.4, 0.5) is 11.4 Å². The summed E-state index contributed by atoms with van der Waals surface area (Å²) in [6.07, 6.45) is 0. The SMILES string of the molecule is CC(=O)c1ccc(N2CCN(C(=S)Nc3ccc(C(=O)O)c(Cl)c3)CC2)cc1O. The Hall–Kier alpha value is -2.84. The van der Waals surface area contributed by atoms with Crippen LogP contribution < -0.4 is 10.2 Å². The summed E-state index contributed by atoms with van der Waals surface area (Å²) < 4.78 is 0. The van der Waals surface area contributed by atoms with Crippen molar-refractivity contribution in [2.24, 2.45) is 0 Å². The first-order valence-corrected chi connectivity index (χ1v) is 9.72. The number of piperazine rings is 1. The molecular weight excluding hydrogens is 414 g/mol. The van der Waals surface area contributed by atoms with Crippen molar-refractivity contribution in [3.63, 3.8) is 0 Å². The van der Waals surface area contributed by atoms with Gasteiger partial charge in [0.2, 0.25) is 0 Å². The van der Waals surface area contributed by atoms with Crippen molar-refractivity contribution in [1.29, 1.82) is 0 Å². The molecule has 29 heavy (non-hydrogen) atoms. The summed E-state index contributed by atoms with van der Waals surface area (Å²) in [6, 6.07) is 9.66. The van der Waals surface area contributed by atoms with Crippen LogP contribution in [0, 0.1) is 0 Å². The first-order chi connectivity index (χ1) is 13.8. The van der Waals surface area contributed by atoms with Crippen molar-refractivity contribution in [3.05, 3.63) is 52.5 Å². The molecule has 0 aromatic heterocycles. The lowest BCUT2D eigenvalue weighted by atomic mass is 10.1. The molecule has 0 spiro atoms. The summed E-state index contributed by atoms with van der Waals surface area (Å²) in [5.74, 6) is -1.27. The minimum absolute atomic E-state index is 0.0173. The summed E-state index contributed by atoms with van der Waals surface area (Å²) in [6.45, 7) is 4.15. The number of Topliss-reactive ketones (excluding diaryl/α,β-unsaturated/α-hetero) is 1. The van der Waals surface area contributed by atoms with E-state index in [4.69, 9.17) is 28.9 Å². The van der Waals surface area contributed by atoms with Crippen LogP contribution in [0.1, 0.15) is 27.6 Å². The quantitative estimate of drug-likeness (QED) is 0.498. The number of nitrogens with zero attached hydrogens (tertiary/aromatic N) is 2. The van der Waals surface area contributed by atoms with Gasteiger partial charge < -0.3 is 25.3 Å². The van der Waals surface area contributed by atoms with Crippen LogP contribution in [0.2, 0.25) is 5.02 Å². The molecule has 0 amide bonds.